The maximum Gasteiger partial charge on any atom is 0.273 e. The average Bonchev–Trinajstić information content (AvgIpc) is 3.51. The molecule has 0 aliphatic heterocycles. The molecule has 2 aliphatic rings. The van der Waals surface area contributed by atoms with Gasteiger partial charge < -0.3 is 20.1 Å². The van der Waals surface area contributed by atoms with Gasteiger partial charge in [0.05, 0.1) is 19.1 Å². The molecule has 2 saturated carbocycles. The lowest BCUT2D eigenvalue weighted by atomic mass is 9.63. The Kier molecular flexibility index (Phi) is 9.51. The summed E-state index contributed by atoms with van der Waals surface area (Å²) in [6.45, 7) is 2.11. The number of aryl methyl sites for hydroxylation is 1. The fourth-order valence-corrected chi connectivity index (χ4v) is 7.80. The Morgan fingerprint density at radius 1 is 1.00 bits per heavy atom. The van der Waals surface area contributed by atoms with Gasteiger partial charge in [0.15, 0.2) is 0 Å². The standard InChI is InChI=1S/C34H43N3O4S/c1-22-18-26(12-13-29(22)40-3)24-10-8-23(9-11-24)20-34(16-14-25(15-17-34)31(38)35-2)32(39)37-28-7-5-6-27(19-28)30-21-36-33(41-4)42-30/h5-7,12-13,18-19,21,23-25H,8-11,14-17,20H2,1-4H3,(H,35,38)(H,37,39)/t23-,24-,25?,34?. The summed E-state index contributed by atoms with van der Waals surface area (Å²) in [5, 5.41) is 6.71. The minimum Gasteiger partial charge on any atom is -0.496 e. The van der Waals surface area contributed by atoms with Crippen LogP contribution < -0.4 is 20.1 Å². The molecule has 224 valence electrons. The van der Waals surface area contributed by atoms with Crippen molar-refractivity contribution in [2.24, 2.45) is 17.3 Å². The molecule has 2 N–H and O–H groups in total. The van der Waals surface area contributed by atoms with Crippen molar-refractivity contribution in [3.8, 4) is 21.4 Å². The van der Waals surface area contributed by atoms with E-state index >= 15 is 0 Å². The molecule has 0 saturated heterocycles. The highest BCUT2D eigenvalue weighted by atomic mass is 32.1. The Morgan fingerprint density at radius 3 is 2.40 bits per heavy atom. The van der Waals surface area contributed by atoms with Crippen LogP contribution in [-0.4, -0.2) is 38.1 Å². The molecular formula is C34H43N3O4S. The number of aromatic nitrogens is 1. The van der Waals surface area contributed by atoms with Crippen molar-refractivity contribution in [3.63, 3.8) is 0 Å². The molecule has 0 unspecified atom stereocenters. The first-order valence-electron chi connectivity index (χ1n) is 15.1. The van der Waals surface area contributed by atoms with Gasteiger partial charge >= 0.3 is 0 Å². The number of amides is 2. The molecule has 1 aromatic heterocycles. The van der Waals surface area contributed by atoms with Crippen LogP contribution in [0.3, 0.4) is 0 Å². The Hall–Kier alpha value is -3.39. The van der Waals surface area contributed by atoms with Gasteiger partial charge in [-0.05, 0) is 111 Å². The van der Waals surface area contributed by atoms with E-state index in [-0.39, 0.29) is 17.7 Å². The fraction of sp³-hybridized carbons (Fsp3) is 0.500. The number of hydrogen-bond acceptors (Lipinski definition) is 6. The van der Waals surface area contributed by atoms with Gasteiger partial charge in [0.1, 0.15) is 5.75 Å². The molecule has 2 fully saturated rings. The zero-order chi connectivity index (χ0) is 29.7. The average molecular weight is 590 g/mol. The number of carbonyl (C=O) groups is 2. The molecular weight excluding hydrogens is 546 g/mol. The molecule has 2 aromatic carbocycles. The van der Waals surface area contributed by atoms with E-state index in [1.807, 2.05) is 24.3 Å². The first kappa shape index (κ1) is 30.1. The summed E-state index contributed by atoms with van der Waals surface area (Å²) >= 11 is 1.48. The molecule has 8 heteroatoms. The van der Waals surface area contributed by atoms with Crippen molar-refractivity contribution in [1.82, 2.24) is 10.3 Å². The van der Waals surface area contributed by atoms with E-state index in [4.69, 9.17) is 9.47 Å². The van der Waals surface area contributed by atoms with Crippen LogP contribution in [-0.2, 0) is 9.59 Å². The Labute approximate surface area is 253 Å². The highest BCUT2D eigenvalue weighted by molar-refractivity contribution is 7.16. The molecule has 2 aliphatic carbocycles. The predicted octanol–water partition coefficient (Wildman–Crippen LogP) is 7.36. The van der Waals surface area contributed by atoms with Crippen LogP contribution in [0, 0.1) is 24.2 Å². The van der Waals surface area contributed by atoms with Gasteiger partial charge in [-0.3, -0.25) is 9.59 Å². The quantitative estimate of drug-likeness (QED) is 0.272. The molecule has 0 radical (unpaired) electrons. The number of nitrogens with one attached hydrogen (secondary N) is 2. The maximum atomic E-state index is 14.1. The lowest BCUT2D eigenvalue weighted by molar-refractivity contribution is -0.133. The van der Waals surface area contributed by atoms with Crippen molar-refractivity contribution < 1.29 is 19.1 Å². The third-order valence-corrected chi connectivity index (χ3v) is 10.5. The smallest absolute Gasteiger partial charge is 0.273 e. The lowest BCUT2D eigenvalue weighted by Gasteiger charge is -2.42. The highest BCUT2D eigenvalue weighted by Gasteiger charge is 2.45. The number of anilines is 1. The summed E-state index contributed by atoms with van der Waals surface area (Å²) in [7, 11) is 5.03. The van der Waals surface area contributed by atoms with Crippen molar-refractivity contribution in [3.05, 3.63) is 59.8 Å². The largest absolute Gasteiger partial charge is 0.496 e. The summed E-state index contributed by atoms with van der Waals surface area (Å²) in [6.07, 6.45) is 10.1. The van der Waals surface area contributed by atoms with Crippen LogP contribution in [0.5, 0.6) is 10.9 Å². The summed E-state index contributed by atoms with van der Waals surface area (Å²) < 4.78 is 10.7. The van der Waals surface area contributed by atoms with E-state index in [1.165, 1.54) is 22.5 Å². The van der Waals surface area contributed by atoms with Gasteiger partial charge in [-0.15, -0.1) is 0 Å². The second-order valence-electron chi connectivity index (χ2n) is 12.0. The summed E-state index contributed by atoms with van der Waals surface area (Å²) in [5.41, 5.74) is 3.89. The molecule has 7 nitrogen and oxygen atoms in total. The van der Waals surface area contributed by atoms with Gasteiger partial charge in [0, 0.05) is 30.3 Å². The normalized spacial score (nSPS) is 24.0. The van der Waals surface area contributed by atoms with Gasteiger partial charge in [0.2, 0.25) is 11.8 Å². The van der Waals surface area contributed by atoms with Gasteiger partial charge in [-0.2, -0.15) is 0 Å². The number of thiazole rings is 1. The zero-order valence-corrected chi connectivity index (χ0v) is 26.0. The molecule has 1 heterocycles. The molecule has 3 aromatic rings. The monoisotopic (exact) mass is 589 g/mol. The lowest BCUT2D eigenvalue weighted by Crippen LogP contribution is -2.43. The maximum absolute atomic E-state index is 14.1. The third kappa shape index (κ3) is 6.64. The van der Waals surface area contributed by atoms with Crippen molar-refractivity contribution in [2.75, 3.05) is 26.6 Å². The minimum atomic E-state index is -0.470. The second-order valence-corrected chi connectivity index (χ2v) is 13.0. The van der Waals surface area contributed by atoms with Crippen LogP contribution in [0.25, 0.3) is 10.4 Å². The van der Waals surface area contributed by atoms with Gasteiger partial charge in [-0.25, -0.2) is 4.98 Å². The van der Waals surface area contributed by atoms with Crippen LogP contribution in [0.2, 0.25) is 0 Å². The number of rotatable bonds is 9. The van der Waals surface area contributed by atoms with Crippen LogP contribution in [0.4, 0.5) is 5.69 Å². The van der Waals surface area contributed by atoms with Crippen molar-refractivity contribution in [1.29, 1.82) is 0 Å². The van der Waals surface area contributed by atoms with Gasteiger partial charge in [-0.1, -0.05) is 35.6 Å². The van der Waals surface area contributed by atoms with Crippen LogP contribution >= 0.6 is 11.3 Å². The number of methoxy groups -OCH3 is 2. The van der Waals surface area contributed by atoms with Crippen LogP contribution in [0.15, 0.2) is 48.7 Å². The third-order valence-electron chi connectivity index (χ3n) is 9.52. The fourth-order valence-electron chi connectivity index (χ4n) is 7.07. The predicted molar refractivity (Wildman–Crippen MR) is 168 cm³/mol. The SMILES string of the molecule is CNC(=O)C1CCC(C[C@H]2CC[C@H](c3ccc(OC)c(C)c3)CC2)(C(=O)Nc2cccc(-c3cnc(OC)s3)c2)CC1. The van der Waals surface area contributed by atoms with E-state index in [0.717, 1.165) is 79.7 Å². The van der Waals surface area contributed by atoms with E-state index in [0.29, 0.717) is 17.0 Å². The van der Waals surface area contributed by atoms with E-state index < -0.39 is 5.41 Å². The highest BCUT2D eigenvalue weighted by Crippen LogP contribution is 2.48. The molecule has 2 amide bonds. The Balaban J connectivity index is 1.29. The second kappa shape index (κ2) is 13.3. The molecule has 0 bridgehead atoms. The van der Waals surface area contributed by atoms with E-state index in [2.05, 4.69) is 40.7 Å². The molecule has 5 rings (SSSR count). The topological polar surface area (TPSA) is 89.5 Å². The number of ether oxygens (including phenoxy) is 2. The van der Waals surface area contributed by atoms with Gasteiger partial charge in [0.25, 0.3) is 5.19 Å². The molecule has 0 spiro atoms. The zero-order valence-electron chi connectivity index (χ0n) is 25.2. The number of hydrogen-bond donors (Lipinski definition) is 2. The number of benzene rings is 2. The first-order valence-corrected chi connectivity index (χ1v) is 15.9. The first-order chi connectivity index (χ1) is 20.3. The van der Waals surface area contributed by atoms with Crippen molar-refractivity contribution >= 4 is 28.8 Å². The Bertz CT molecular complexity index is 1390. The number of carbonyl (C=O) groups excluding carboxylic acids is 2. The minimum absolute atomic E-state index is 0.0189. The summed E-state index contributed by atoms with van der Waals surface area (Å²) in [4.78, 5) is 31.8. The molecule has 42 heavy (non-hydrogen) atoms. The van der Waals surface area contributed by atoms with Crippen molar-refractivity contribution in [2.45, 2.75) is 70.6 Å². The van der Waals surface area contributed by atoms with Crippen LogP contribution in [0.1, 0.15) is 74.8 Å². The summed E-state index contributed by atoms with van der Waals surface area (Å²) in [5.74, 6) is 2.14. The van der Waals surface area contributed by atoms with E-state index in [1.54, 1.807) is 27.5 Å². The Morgan fingerprint density at radius 2 is 1.76 bits per heavy atom. The number of nitrogens with zero attached hydrogens (tertiary/aromatic N) is 1. The van der Waals surface area contributed by atoms with E-state index in [9.17, 15) is 9.59 Å². The molecule has 0 atom stereocenters. The summed E-state index contributed by atoms with van der Waals surface area (Å²) in [6, 6.07) is 14.5.